The summed E-state index contributed by atoms with van der Waals surface area (Å²) in [4.78, 5) is 18.1. The fourth-order valence-electron chi connectivity index (χ4n) is 2.31. The van der Waals surface area contributed by atoms with Crippen LogP contribution in [0.3, 0.4) is 0 Å². The predicted molar refractivity (Wildman–Crippen MR) is 98.6 cm³/mol. The van der Waals surface area contributed by atoms with Crippen LogP contribution in [0, 0.1) is 0 Å². The smallest absolute Gasteiger partial charge is 0.244 e. The van der Waals surface area contributed by atoms with Gasteiger partial charge in [-0.2, -0.15) is 0 Å². The highest BCUT2D eigenvalue weighted by Crippen LogP contribution is 2.28. The Bertz CT molecular complexity index is 791. The third-order valence-corrected chi connectivity index (χ3v) is 4.64. The molecule has 0 saturated heterocycles. The van der Waals surface area contributed by atoms with E-state index in [1.807, 2.05) is 41.1 Å². The van der Waals surface area contributed by atoms with Gasteiger partial charge in [0.1, 0.15) is 0 Å². The Kier molecular flexibility index (Phi) is 5.58. The molecular formula is C19H19N3OS. The zero-order valence-electron chi connectivity index (χ0n) is 13.3. The number of amides is 1. The molecule has 122 valence electrons. The molecule has 5 heteroatoms. The van der Waals surface area contributed by atoms with E-state index in [1.54, 1.807) is 29.9 Å². The minimum atomic E-state index is -0.0599. The van der Waals surface area contributed by atoms with E-state index in [2.05, 4.69) is 28.5 Å². The number of imidazole rings is 1. The molecule has 1 amide bonds. The maximum absolute atomic E-state index is 11.8. The zero-order chi connectivity index (χ0) is 16.6. The molecule has 0 spiro atoms. The van der Waals surface area contributed by atoms with Crippen molar-refractivity contribution in [3.63, 3.8) is 0 Å². The maximum atomic E-state index is 11.8. The van der Waals surface area contributed by atoms with Crippen molar-refractivity contribution >= 4 is 23.3 Å². The monoisotopic (exact) mass is 337 g/mol. The number of hydrogen-bond donors (Lipinski definition) is 1. The van der Waals surface area contributed by atoms with E-state index < -0.39 is 0 Å². The van der Waals surface area contributed by atoms with Gasteiger partial charge in [0.05, 0.1) is 6.33 Å². The van der Waals surface area contributed by atoms with Crippen LogP contribution in [0.1, 0.15) is 11.3 Å². The van der Waals surface area contributed by atoms with E-state index in [9.17, 15) is 4.79 Å². The fourth-order valence-corrected chi connectivity index (χ4v) is 3.23. The lowest BCUT2D eigenvalue weighted by Crippen LogP contribution is -2.22. The van der Waals surface area contributed by atoms with Crippen molar-refractivity contribution in [3.05, 3.63) is 72.1 Å². The van der Waals surface area contributed by atoms with Gasteiger partial charge in [-0.15, -0.1) is 11.3 Å². The van der Waals surface area contributed by atoms with Gasteiger partial charge in [0, 0.05) is 41.3 Å². The normalized spacial score (nSPS) is 11.0. The molecule has 4 nitrogen and oxygen atoms in total. The average molecular weight is 337 g/mol. The van der Waals surface area contributed by atoms with Crippen LogP contribution in [0.5, 0.6) is 0 Å². The molecule has 1 aromatic carbocycles. The Hall–Kier alpha value is -2.66. The van der Waals surface area contributed by atoms with Crippen LogP contribution in [-0.2, 0) is 11.3 Å². The number of carbonyl (C=O) groups is 1. The van der Waals surface area contributed by atoms with E-state index in [0.717, 1.165) is 17.8 Å². The van der Waals surface area contributed by atoms with E-state index in [0.29, 0.717) is 6.54 Å². The molecule has 0 radical (unpaired) electrons. The fraction of sp³-hybridized carbons (Fsp3) is 0.158. The number of thiophene rings is 1. The molecule has 2 aromatic heterocycles. The zero-order valence-corrected chi connectivity index (χ0v) is 14.1. The van der Waals surface area contributed by atoms with Crippen molar-refractivity contribution in [2.45, 2.75) is 13.0 Å². The molecule has 0 aliphatic rings. The van der Waals surface area contributed by atoms with Gasteiger partial charge in [0.15, 0.2) is 0 Å². The van der Waals surface area contributed by atoms with Crippen LogP contribution in [0.2, 0.25) is 0 Å². The lowest BCUT2D eigenvalue weighted by Gasteiger charge is -2.02. The van der Waals surface area contributed by atoms with Gasteiger partial charge in [-0.1, -0.05) is 30.3 Å². The first-order valence-electron chi connectivity index (χ1n) is 7.88. The van der Waals surface area contributed by atoms with Crippen LogP contribution in [0.15, 0.2) is 67.3 Å². The number of aromatic nitrogens is 2. The van der Waals surface area contributed by atoms with Crippen LogP contribution in [0.25, 0.3) is 16.5 Å². The number of aryl methyl sites for hydroxylation is 1. The topological polar surface area (TPSA) is 46.9 Å². The number of benzene rings is 1. The number of nitrogens with one attached hydrogen (secondary N) is 1. The molecule has 0 fully saturated rings. The summed E-state index contributed by atoms with van der Waals surface area (Å²) < 4.78 is 2.00. The highest BCUT2D eigenvalue weighted by molar-refractivity contribution is 7.16. The first kappa shape index (κ1) is 16.2. The number of carbonyl (C=O) groups excluding carboxylic acids is 1. The highest BCUT2D eigenvalue weighted by Gasteiger charge is 2.01. The molecule has 2 heterocycles. The van der Waals surface area contributed by atoms with Crippen molar-refractivity contribution in [3.8, 4) is 10.4 Å². The lowest BCUT2D eigenvalue weighted by atomic mass is 10.2. The third-order valence-electron chi connectivity index (χ3n) is 3.54. The van der Waals surface area contributed by atoms with Crippen LogP contribution in [0.4, 0.5) is 0 Å². The third kappa shape index (κ3) is 4.67. The summed E-state index contributed by atoms with van der Waals surface area (Å²) in [5.74, 6) is -0.0599. The molecule has 1 N–H and O–H groups in total. The maximum Gasteiger partial charge on any atom is 0.244 e. The first-order chi connectivity index (χ1) is 11.8. The predicted octanol–water partition coefficient (Wildman–Crippen LogP) is 3.83. The average Bonchev–Trinajstić information content (AvgIpc) is 3.29. The standard InChI is InChI=1S/C19H19N3OS/c23-19(21-11-4-13-22-14-12-20-15-22)10-8-17-7-9-18(24-17)16-5-2-1-3-6-16/h1-3,5-10,12,14-15H,4,11,13H2,(H,21,23). The second-order valence-electron chi connectivity index (χ2n) is 5.35. The van der Waals surface area contributed by atoms with Crippen LogP contribution < -0.4 is 5.32 Å². The summed E-state index contributed by atoms with van der Waals surface area (Å²) in [6, 6.07) is 14.4. The van der Waals surface area contributed by atoms with Gasteiger partial charge in [-0.05, 0) is 30.2 Å². The summed E-state index contributed by atoms with van der Waals surface area (Å²) in [5.41, 5.74) is 1.20. The van der Waals surface area contributed by atoms with Crippen molar-refractivity contribution in [1.29, 1.82) is 0 Å². The summed E-state index contributed by atoms with van der Waals surface area (Å²) in [6.45, 7) is 1.51. The van der Waals surface area contributed by atoms with E-state index in [1.165, 1.54) is 10.4 Å². The second kappa shape index (κ2) is 8.26. The van der Waals surface area contributed by atoms with Crippen molar-refractivity contribution in [2.75, 3.05) is 6.54 Å². The van der Waals surface area contributed by atoms with E-state index >= 15 is 0 Å². The lowest BCUT2D eigenvalue weighted by molar-refractivity contribution is -0.116. The Labute approximate surface area is 145 Å². The Morgan fingerprint density at radius 1 is 1.21 bits per heavy atom. The molecular weight excluding hydrogens is 318 g/mol. The first-order valence-corrected chi connectivity index (χ1v) is 8.70. The quantitative estimate of drug-likeness (QED) is 0.526. The van der Waals surface area contributed by atoms with Gasteiger partial charge in [0.25, 0.3) is 0 Å². The molecule has 0 bridgehead atoms. The molecule has 24 heavy (non-hydrogen) atoms. The van der Waals surface area contributed by atoms with Crippen LogP contribution >= 0.6 is 11.3 Å². The molecule has 0 atom stereocenters. The molecule has 3 rings (SSSR count). The Morgan fingerprint density at radius 3 is 2.88 bits per heavy atom. The van der Waals surface area contributed by atoms with Crippen LogP contribution in [-0.4, -0.2) is 22.0 Å². The summed E-state index contributed by atoms with van der Waals surface area (Å²) in [7, 11) is 0. The van der Waals surface area contributed by atoms with Gasteiger partial charge < -0.3 is 9.88 Å². The molecule has 0 aliphatic heterocycles. The van der Waals surface area contributed by atoms with Gasteiger partial charge >= 0.3 is 0 Å². The minimum absolute atomic E-state index is 0.0599. The van der Waals surface area contributed by atoms with Gasteiger partial charge in [-0.25, -0.2) is 4.98 Å². The van der Waals surface area contributed by atoms with Gasteiger partial charge in [0.2, 0.25) is 5.91 Å². The highest BCUT2D eigenvalue weighted by atomic mass is 32.1. The van der Waals surface area contributed by atoms with Crippen molar-refractivity contribution in [1.82, 2.24) is 14.9 Å². The summed E-state index contributed by atoms with van der Waals surface area (Å²) >= 11 is 1.68. The Balaban J connectivity index is 1.45. The SMILES string of the molecule is O=C(C=Cc1ccc(-c2ccccc2)s1)NCCCn1ccnc1. The largest absolute Gasteiger partial charge is 0.352 e. The van der Waals surface area contributed by atoms with Crippen molar-refractivity contribution < 1.29 is 4.79 Å². The number of nitrogens with zero attached hydrogens (tertiary/aromatic N) is 2. The molecule has 0 unspecified atom stereocenters. The minimum Gasteiger partial charge on any atom is -0.352 e. The summed E-state index contributed by atoms with van der Waals surface area (Å²) in [5, 5.41) is 2.90. The molecule has 0 aliphatic carbocycles. The second-order valence-corrected chi connectivity index (χ2v) is 6.46. The number of hydrogen-bond acceptors (Lipinski definition) is 3. The summed E-state index contributed by atoms with van der Waals surface area (Å²) in [6.07, 6.45) is 9.80. The molecule has 3 aromatic rings. The number of rotatable bonds is 7. The van der Waals surface area contributed by atoms with Crippen molar-refractivity contribution in [2.24, 2.45) is 0 Å². The van der Waals surface area contributed by atoms with E-state index in [4.69, 9.17) is 0 Å². The van der Waals surface area contributed by atoms with E-state index in [-0.39, 0.29) is 5.91 Å². The molecule has 0 saturated carbocycles. The van der Waals surface area contributed by atoms with Gasteiger partial charge in [-0.3, -0.25) is 4.79 Å². The Morgan fingerprint density at radius 2 is 2.08 bits per heavy atom.